The fourth-order valence-corrected chi connectivity index (χ4v) is 2.80. The zero-order chi connectivity index (χ0) is 15.6. The zero-order valence-corrected chi connectivity index (χ0v) is 13.0. The van der Waals surface area contributed by atoms with Crippen molar-refractivity contribution in [2.75, 3.05) is 0 Å². The number of nitrogens with zero attached hydrogens (tertiary/aromatic N) is 2. The summed E-state index contributed by atoms with van der Waals surface area (Å²) in [5.74, 6) is -1.76. The van der Waals surface area contributed by atoms with Gasteiger partial charge in [0.2, 0.25) is 5.91 Å². The number of nitrogens with one attached hydrogen (secondary N) is 1. The lowest BCUT2D eigenvalue weighted by Gasteiger charge is -2.16. The molecule has 2 rings (SSSR count). The monoisotopic (exact) mass is 327 g/mol. The second kappa shape index (κ2) is 6.28. The first-order chi connectivity index (χ1) is 9.90. The number of aromatic nitrogens is 2. The summed E-state index contributed by atoms with van der Waals surface area (Å²) in [6.07, 6.45) is 4.57. The molecule has 0 aliphatic heterocycles. The molecule has 0 bridgehead atoms. The van der Waals surface area contributed by atoms with Crippen LogP contribution in [0.3, 0.4) is 0 Å². The van der Waals surface area contributed by atoms with Crippen LogP contribution in [-0.2, 0) is 9.59 Å². The number of hydrogen-bond acceptors (Lipinski definition) is 4. The smallest absolute Gasteiger partial charge is 0.326 e. The van der Waals surface area contributed by atoms with E-state index >= 15 is 0 Å². The van der Waals surface area contributed by atoms with E-state index in [2.05, 4.69) is 10.3 Å². The molecule has 1 atom stereocenters. The second-order valence-electron chi connectivity index (χ2n) is 4.75. The first kappa shape index (κ1) is 15.5. The Morgan fingerprint density at radius 3 is 2.86 bits per heavy atom. The van der Waals surface area contributed by atoms with Crippen molar-refractivity contribution < 1.29 is 14.7 Å². The summed E-state index contributed by atoms with van der Waals surface area (Å²) in [7, 11) is 0. The van der Waals surface area contributed by atoms with Gasteiger partial charge in [0.25, 0.3) is 0 Å². The molecular weight excluding hydrogens is 314 g/mol. The largest absolute Gasteiger partial charge is 0.480 e. The molecule has 21 heavy (non-hydrogen) atoms. The van der Waals surface area contributed by atoms with Gasteiger partial charge >= 0.3 is 5.97 Å². The number of carbonyl (C=O) groups excluding carboxylic acids is 1. The Labute approximate surface area is 130 Å². The van der Waals surface area contributed by atoms with E-state index in [9.17, 15) is 9.59 Å². The maximum absolute atomic E-state index is 11.8. The molecule has 0 aliphatic rings. The van der Waals surface area contributed by atoms with Crippen molar-refractivity contribution >= 4 is 45.9 Å². The summed E-state index contributed by atoms with van der Waals surface area (Å²) in [4.78, 5) is 27.7. The van der Waals surface area contributed by atoms with Gasteiger partial charge in [-0.1, -0.05) is 25.4 Å². The lowest BCUT2D eigenvalue weighted by molar-refractivity contribution is -0.142. The van der Waals surface area contributed by atoms with E-state index in [0.717, 1.165) is 4.96 Å². The number of halogens is 1. The molecule has 6 nitrogen and oxygen atoms in total. The maximum atomic E-state index is 11.8. The normalized spacial score (nSPS) is 13.1. The van der Waals surface area contributed by atoms with E-state index in [1.54, 1.807) is 24.4 Å². The van der Waals surface area contributed by atoms with Crippen LogP contribution in [0.25, 0.3) is 11.0 Å². The molecule has 1 unspecified atom stereocenters. The fraction of sp³-hybridized carbons (Fsp3) is 0.308. The van der Waals surface area contributed by atoms with Crippen LogP contribution in [0.5, 0.6) is 0 Å². The van der Waals surface area contributed by atoms with Gasteiger partial charge < -0.3 is 10.4 Å². The molecule has 0 spiro atoms. The van der Waals surface area contributed by atoms with Crippen LogP contribution in [0.1, 0.15) is 19.5 Å². The number of carboxylic acids is 1. The molecular formula is C13H14ClN3O3S. The molecule has 2 heterocycles. The van der Waals surface area contributed by atoms with Gasteiger partial charge in [0, 0.05) is 17.7 Å². The van der Waals surface area contributed by atoms with Crippen molar-refractivity contribution in [1.29, 1.82) is 0 Å². The van der Waals surface area contributed by atoms with Gasteiger partial charge in [-0.3, -0.25) is 9.20 Å². The molecule has 0 aromatic carbocycles. The highest BCUT2D eigenvalue weighted by Gasteiger charge is 2.22. The average Bonchev–Trinajstić information content (AvgIpc) is 2.93. The van der Waals surface area contributed by atoms with E-state index in [1.165, 1.54) is 23.5 Å². The Kier molecular flexibility index (Phi) is 4.64. The van der Waals surface area contributed by atoms with Gasteiger partial charge in [0.15, 0.2) is 10.1 Å². The third kappa shape index (κ3) is 3.43. The summed E-state index contributed by atoms with van der Waals surface area (Å²) >= 11 is 7.43. The highest BCUT2D eigenvalue weighted by atomic mass is 35.5. The quantitative estimate of drug-likeness (QED) is 0.825. The minimum Gasteiger partial charge on any atom is -0.480 e. The van der Waals surface area contributed by atoms with E-state index in [-0.39, 0.29) is 5.92 Å². The van der Waals surface area contributed by atoms with E-state index in [4.69, 9.17) is 16.7 Å². The molecule has 0 saturated carbocycles. The Morgan fingerprint density at radius 2 is 2.24 bits per heavy atom. The third-order valence-electron chi connectivity index (χ3n) is 2.88. The number of thiazole rings is 1. The lowest BCUT2D eigenvalue weighted by Crippen LogP contribution is -2.43. The highest BCUT2D eigenvalue weighted by molar-refractivity contribution is 7.15. The first-order valence-electron chi connectivity index (χ1n) is 6.22. The number of amides is 1. The van der Waals surface area contributed by atoms with Crippen molar-refractivity contribution in [1.82, 2.24) is 14.7 Å². The topological polar surface area (TPSA) is 83.7 Å². The summed E-state index contributed by atoms with van der Waals surface area (Å²) in [5, 5.41) is 13.6. The molecule has 2 N–H and O–H groups in total. The first-order valence-corrected chi connectivity index (χ1v) is 7.48. The van der Waals surface area contributed by atoms with Crippen molar-refractivity contribution in [3.05, 3.63) is 28.5 Å². The van der Waals surface area contributed by atoms with Gasteiger partial charge in [-0.15, -0.1) is 11.3 Å². The molecule has 0 radical (unpaired) electrons. The van der Waals surface area contributed by atoms with Crippen LogP contribution >= 0.6 is 22.9 Å². The number of carbonyl (C=O) groups is 2. The number of carboxylic acid groups (broad SMARTS) is 1. The fourth-order valence-electron chi connectivity index (χ4n) is 1.80. The maximum Gasteiger partial charge on any atom is 0.326 e. The van der Waals surface area contributed by atoms with Crippen LogP contribution in [0.15, 0.2) is 17.7 Å². The van der Waals surface area contributed by atoms with Crippen molar-refractivity contribution in [3.8, 4) is 0 Å². The molecule has 112 valence electrons. The molecule has 0 fully saturated rings. The van der Waals surface area contributed by atoms with Crippen LogP contribution in [0.2, 0.25) is 5.15 Å². The summed E-state index contributed by atoms with van der Waals surface area (Å²) in [6.45, 7) is 3.46. The Bertz CT molecular complexity index is 705. The predicted octanol–water partition coefficient (Wildman–Crippen LogP) is 2.29. The minimum atomic E-state index is -1.06. The summed E-state index contributed by atoms with van der Waals surface area (Å²) in [5.41, 5.74) is 0.583. The number of rotatable bonds is 5. The number of imidazole rings is 1. The third-order valence-corrected chi connectivity index (χ3v) is 3.91. The highest BCUT2D eigenvalue weighted by Crippen LogP contribution is 2.22. The molecule has 1 amide bonds. The van der Waals surface area contributed by atoms with E-state index in [0.29, 0.717) is 10.8 Å². The average molecular weight is 328 g/mol. The number of fused-ring (bicyclic) bond motifs is 1. The Hall–Kier alpha value is -1.86. The van der Waals surface area contributed by atoms with Crippen LogP contribution < -0.4 is 5.32 Å². The Balaban J connectivity index is 2.13. The second-order valence-corrected chi connectivity index (χ2v) is 5.98. The molecule has 2 aromatic heterocycles. The van der Waals surface area contributed by atoms with Gasteiger partial charge in [0.05, 0.1) is 5.69 Å². The van der Waals surface area contributed by atoms with Gasteiger partial charge in [0.1, 0.15) is 6.04 Å². The van der Waals surface area contributed by atoms with Gasteiger partial charge in [-0.2, -0.15) is 0 Å². The summed E-state index contributed by atoms with van der Waals surface area (Å²) < 4.78 is 1.76. The van der Waals surface area contributed by atoms with E-state index in [1.807, 2.05) is 5.38 Å². The van der Waals surface area contributed by atoms with Crippen molar-refractivity contribution in [2.45, 2.75) is 19.9 Å². The minimum absolute atomic E-state index is 0.206. The van der Waals surface area contributed by atoms with E-state index < -0.39 is 17.9 Å². The number of aliphatic carboxylic acids is 1. The molecule has 0 saturated heterocycles. The van der Waals surface area contributed by atoms with Gasteiger partial charge in [-0.25, -0.2) is 9.78 Å². The SMILES string of the molecule is CC(C)C(NC(=O)/C=C/c1c(Cl)nc2sccn12)C(=O)O. The molecule has 8 heteroatoms. The lowest BCUT2D eigenvalue weighted by atomic mass is 10.0. The zero-order valence-electron chi connectivity index (χ0n) is 11.4. The summed E-state index contributed by atoms with van der Waals surface area (Å²) in [6, 6.07) is -0.927. The van der Waals surface area contributed by atoms with Crippen LogP contribution in [-0.4, -0.2) is 32.4 Å². The standard InChI is InChI=1S/C13H14ClN3O3S/c1-7(2)10(12(19)20)15-9(18)4-3-8-11(14)16-13-17(8)5-6-21-13/h3-7,10H,1-2H3,(H,15,18)(H,19,20)/b4-3+. The van der Waals surface area contributed by atoms with Crippen molar-refractivity contribution in [3.63, 3.8) is 0 Å². The Morgan fingerprint density at radius 1 is 1.52 bits per heavy atom. The molecule has 2 aromatic rings. The van der Waals surface area contributed by atoms with Crippen LogP contribution in [0.4, 0.5) is 0 Å². The number of hydrogen-bond donors (Lipinski definition) is 2. The van der Waals surface area contributed by atoms with Crippen molar-refractivity contribution in [2.24, 2.45) is 5.92 Å². The van der Waals surface area contributed by atoms with Crippen LogP contribution in [0, 0.1) is 5.92 Å². The molecule has 0 aliphatic carbocycles. The predicted molar refractivity (Wildman–Crippen MR) is 81.5 cm³/mol. The van der Waals surface area contributed by atoms with Gasteiger partial charge in [-0.05, 0) is 12.0 Å².